The van der Waals surface area contributed by atoms with E-state index in [4.69, 9.17) is 14.2 Å². The van der Waals surface area contributed by atoms with Gasteiger partial charge in [0, 0.05) is 5.57 Å². The summed E-state index contributed by atoms with van der Waals surface area (Å²) in [5, 5.41) is 0. The molecule has 4 nitrogen and oxygen atoms in total. The monoisotopic (exact) mass is 346 g/mol. The van der Waals surface area contributed by atoms with Crippen LogP contribution in [0.25, 0.3) is 0 Å². The smallest absolute Gasteiger partial charge is 0.333 e. The van der Waals surface area contributed by atoms with Gasteiger partial charge in [0.25, 0.3) is 0 Å². The Balaban J connectivity index is 1.82. The molecule has 2 aliphatic heterocycles. The van der Waals surface area contributed by atoms with Crippen molar-refractivity contribution in [3.8, 4) is 0 Å². The van der Waals surface area contributed by atoms with Gasteiger partial charge in [0.15, 0.2) is 0 Å². The molecule has 0 saturated carbocycles. The molecule has 0 unspecified atom stereocenters. The van der Waals surface area contributed by atoms with Crippen LogP contribution in [0.1, 0.15) is 59.3 Å². The number of carbonyl (C=O) groups is 1. The highest BCUT2D eigenvalue weighted by Crippen LogP contribution is 2.44. The van der Waals surface area contributed by atoms with Crippen molar-refractivity contribution in [3.05, 3.63) is 34.4 Å². The van der Waals surface area contributed by atoms with Gasteiger partial charge in [-0.3, -0.25) is 0 Å². The largest absolute Gasteiger partial charge is 0.466 e. The number of esters is 1. The van der Waals surface area contributed by atoms with Gasteiger partial charge in [-0.25, -0.2) is 4.79 Å². The molecule has 0 aromatic heterocycles. The van der Waals surface area contributed by atoms with Crippen LogP contribution in [-0.4, -0.2) is 37.5 Å². The highest BCUT2D eigenvalue weighted by atomic mass is 16.6. The van der Waals surface area contributed by atoms with E-state index in [0.717, 1.165) is 37.7 Å². The van der Waals surface area contributed by atoms with Crippen molar-refractivity contribution in [1.29, 1.82) is 0 Å². The van der Waals surface area contributed by atoms with Crippen LogP contribution in [0.5, 0.6) is 0 Å². The number of hydrogen-bond acceptors (Lipinski definition) is 4. The Kier molecular flexibility index (Phi) is 5.49. The van der Waals surface area contributed by atoms with Gasteiger partial charge in [0.05, 0.1) is 31.5 Å². The van der Waals surface area contributed by atoms with Gasteiger partial charge in [-0.15, -0.1) is 0 Å². The molecule has 0 spiro atoms. The second kappa shape index (κ2) is 7.46. The van der Waals surface area contributed by atoms with Crippen LogP contribution in [0.2, 0.25) is 0 Å². The molecule has 0 aromatic rings. The maximum Gasteiger partial charge on any atom is 0.333 e. The summed E-state index contributed by atoms with van der Waals surface area (Å²) in [5.41, 5.74) is 4.71. The fourth-order valence-corrected chi connectivity index (χ4v) is 3.95. The Hall–Kier alpha value is -1.39. The Morgan fingerprint density at radius 2 is 2.08 bits per heavy atom. The van der Waals surface area contributed by atoms with E-state index < -0.39 is 0 Å². The van der Waals surface area contributed by atoms with Crippen LogP contribution in [-0.2, 0) is 19.0 Å². The molecule has 0 N–H and O–H groups in total. The van der Waals surface area contributed by atoms with Crippen molar-refractivity contribution in [1.82, 2.24) is 0 Å². The highest BCUT2D eigenvalue weighted by Gasteiger charge is 2.50. The lowest BCUT2D eigenvalue weighted by Gasteiger charge is -2.15. The maximum atomic E-state index is 12.1. The second-order valence-corrected chi connectivity index (χ2v) is 7.77. The van der Waals surface area contributed by atoms with Gasteiger partial charge in [-0.05, 0) is 70.4 Å². The highest BCUT2D eigenvalue weighted by molar-refractivity contribution is 5.88. The molecule has 0 radical (unpaired) electrons. The molecule has 1 fully saturated rings. The van der Waals surface area contributed by atoms with E-state index in [1.165, 1.54) is 23.8 Å². The van der Waals surface area contributed by atoms with Crippen LogP contribution in [0.3, 0.4) is 0 Å². The zero-order valence-corrected chi connectivity index (χ0v) is 15.9. The molecule has 1 saturated heterocycles. The molecular weight excluding hydrogens is 316 g/mol. The third-order valence-corrected chi connectivity index (χ3v) is 5.79. The predicted octanol–water partition coefficient (Wildman–Crippen LogP) is 4.26. The molecule has 25 heavy (non-hydrogen) atoms. The standard InChI is InChI=1S/C21H30O4/c1-14-7-10-19-21(3,25-19)11-5-6-16(20(22)23-4)8-9-17-15(2)13-24-18(17)12-14/h6,12,18-19H,5,7-11,13H2,1-4H3/b14-12+,16-6-/t18-,19-,21-/m0/s1. The molecule has 4 heteroatoms. The minimum atomic E-state index is -0.217. The summed E-state index contributed by atoms with van der Waals surface area (Å²) in [6, 6.07) is 0. The summed E-state index contributed by atoms with van der Waals surface area (Å²) in [7, 11) is 1.45. The molecule has 138 valence electrons. The average Bonchev–Trinajstić information content (AvgIpc) is 3.11. The number of fused-ring (bicyclic) bond motifs is 2. The summed E-state index contributed by atoms with van der Waals surface area (Å²) in [6.07, 6.45) is 10.1. The van der Waals surface area contributed by atoms with Crippen molar-refractivity contribution in [2.45, 2.75) is 77.1 Å². The van der Waals surface area contributed by atoms with Crippen molar-refractivity contribution in [2.24, 2.45) is 0 Å². The first-order valence-corrected chi connectivity index (χ1v) is 9.35. The number of methoxy groups -OCH3 is 1. The van der Waals surface area contributed by atoms with Gasteiger partial charge in [0.1, 0.15) is 0 Å². The van der Waals surface area contributed by atoms with E-state index in [1.807, 2.05) is 6.08 Å². The molecule has 1 aliphatic carbocycles. The van der Waals surface area contributed by atoms with Crippen molar-refractivity contribution in [2.75, 3.05) is 13.7 Å². The predicted molar refractivity (Wildman–Crippen MR) is 97.3 cm³/mol. The average molecular weight is 346 g/mol. The number of rotatable bonds is 1. The van der Waals surface area contributed by atoms with Gasteiger partial charge >= 0.3 is 5.97 Å². The first-order valence-electron chi connectivity index (χ1n) is 9.35. The zero-order valence-electron chi connectivity index (χ0n) is 15.9. The van der Waals surface area contributed by atoms with E-state index in [-0.39, 0.29) is 17.7 Å². The third kappa shape index (κ3) is 4.24. The number of allylic oxidation sites excluding steroid dienone is 2. The quantitative estimate of drug-likeness (QED) is 0.404. The summed E-state index contributed by atoms with van der Waals surface area (Å²) < 4.78 is 16.9. The lowest BCUT2D eigenvalue weighted by atomic mass is 9.92. The fraction of sp³-hybridized carbons (Fsp3) is 0.667. The van der Waals surface area contributed by atoms with Crippen LogP contribution in [0.4, 0.5) is 0 Å². The molecule has 0 bridgehead atoms. The lowest BCUT2D eigenvalue weighted by Crippen LogP contribution is -2.13. The molecule has 0 aromatic carbocycles. The summed E-state index contributed by atoms with van der Waals surface area (Å²) in [5.74, 6) is -0.217. The Morgan fingerprint density at radius 1 is 1.28 bits per heavy atom. The second-order valence-electron chi connectivity index (χ2n) is 7.77. The summed E-state index contributed by atoms with van der Waals surface area (Å²) in [4.78, 5) is 12.1. The van der Waals surface area contributed by atoms with E-state index in [1.54, 1.807) is 0 Å². The Bertz CT molecular complexity index is 628. The summed E-state index contributed by atoms with van der Waals surface area (Å²) >= 11 is 0. The van der Waals surface area contributed by atoms with Crippen LogP contribution < -0.4 is 0 Å². The molecule has 3 aliphatic rings. The number of ether oxygens (including phenoxy) is 3. The first kappa shape index (κ1) is 18.4. The van der Waals surface area contributed by atoms with Gasteiger partial charge in [-0.2, -0.15) is 0 Å². The molecule has 2 heterocycles. The topological polar surface area (TPSA) is 48.1 Å². The van der Waals surface area contributed by atoms with Crippen LogP contribution in [0, 0.1) is 0 Å². The normalized spacial score (nSPS) is 37.8. The Morgan fingerprint density at radius 3 is 2.84 bits per heavy atom. The van der Waals surface area contributed by atoms with E-state index in [9.17, 15) is 4.79 Å². The van der Waals surface area contributed by atoms with E-state index in [2.05, 4.69) is 26.8 Å². The maximum absolute atomic E-state index is 12.1. The molecule has 0 amide bonds. The lowest BCUT2D eigenvalue weighted by molar-refractivity contribution is -0.136. The number of carbonyl (C=O) groups excluding carboxylic acids is 1. The summed E-state index contributed by atoms with van der Waals surface area (Å²) in [6.45, 7) is 7.18. The van der Waals surface area contributed by atoms with Crippen molar-refractivity contribution < 1.29 is 19.0 Å². The molecule has 3 atom stereocenters. The van der Waals surface area contributed by atoms with Gasteiger partial charge in [0.2, 0.25) is 0 Å². The van der Waals surface area contributed by atoms with Gasteiger partial charge in [-0.1, -0.05) is 17.7 Å². The molecule has 3 rings (SSSR count). The molecular formula is C21H30O4. The number of hydrogen-bond donors (Lipinski definition) is 0. The minimum Gasteiger partial charge on any atom is -0.466 e. The van der Waals surface area contributed by atoms with E-state index >= 15 is 0 Å². The van der Waals surface area contributed by atoms with Crippen molar-refractivity contribution in [3.63, 3.8) is 0 Å². The third-order valence-electron chi connectivity index (χ3n) is 5.79. The van der Waals surface area contributed by atoms with Crippen molar-refractivity contribution >= 4 is 5.97 Å². The minimum absolute atomic E-state index is 0.0341. The zero-order chi connectivity index (χ0) is 18.0. The Labute approximate surface area is 150 Å². The SMILES string of the molecule is COC(=O)/C1=C\CC[C@]2(C)O[C@H]2CC/C(C)=C/[C@@H]2OCC(C)=C2CC1. The fourth-order valence-electron chi connectivity index (χ4n) is 3.95. The first-order chi connectivity index (χ1) is 11.9. The number of epoxide rings is 1. The van der Waals surface area contributed by atoms with Crippen LogP contribution >= 0.6 is 0 Å². The van der Waals surface area contributed by atoms with Crippen LogP contribution in [0.15, 0.2) is 34.4 Å². The van der Waals surface area contributed by atoms with Gasteiger partial charge < -0.3 is 14.2 Å². The van der Waals surface area contributed by atoms with E-state index in [0.29, 0.717) is 19.1 Å².